The Kier molecular flexibility index (Phi) is 20.3. The number of amides is 4. The summed E-state index contributed by atoms with van der Waals surface area (Å²) in [6.45, 7) is 6.66. The van der Waals surface area contributed by atoms with Crippen molar-refractivity contribution in [3.05, 3.63) is 94.3 Å². The molecule has 19 nitrogen and oxygen atoms in total. The summed E-state index contributed by atoms with van der Waals surface area (Å²) < 4.78 is 116. The molecule has 4 amide bonds. The van der Waals surface area contributed by atoms with E-state index in [2.05, 4.69) is 57.4 Å². The first-order chi connectivity index (χ1) is 37.2. The average molecular weight is 1120 g/mol. The van der Waals surface area contributed by atoms with Crippen molar-refractivity contribution in [1.82, 2.24) is 41.3 Å². The van der Waals surface area contributed by atoms with Crippen molar-refractivity contribution < 1.29 is 69.2 Å². The van der Waals surface area contributed by atoms with Gasteiger partial charge in [-0.15, -0.1) is 0 Å². The number of carbonyl (C=O) groups excluding carboxylic acids is 4. The largest absolute Gasteiger partial charge is 0.453 e. The van der Waals surface area contributed by atoms with Crippen LogP contribution < -0.4 is 32.0 Å². The lowest BCUT2D eigenvalue weighted by molar-refractivity contribution is -0.220. The first-order valence-electron chi connectivity index (χ1n) is 25.2. The number of rotatable bonds is 20. The SMILES string of the molecule is COC(=O)NC(C(=O)N[C@@H](Cc1ccc(C#Cc2cnc(N3CC4CCC(C3)N4C3COC3)nc2)cc1)[C@@H](O)CN(Cc1c(F)cc(C(N)=CC=NCC(F)F)cc1F)NC(=O)[C@@H](NC(=O)OC)C(C)(C)C)C(C)(C)C(F)(F)F. The maximum absolute atomic E-state index is 16.0. The van der Waals surface area contributed by atoms with Crippen LogP contribution in [0.4, 0.5) is 46.3 Å². The zero-order valence-electron chi connectivity index (χ0n) is 44.7. The van der Waals surface area contributed by atoms with Crippen LogP contribution in [0.1, 0.15) is 75.3 Å². The summed E-state index contributed by atoms with van der Waals surface area (Å²) in [5, 5.41) is 19.7. The number of alkyl carbamates (subject to hydrolysis) is 2. The molecule has 7 N–H and O–H groups in total. The molecule has 3 fully saturated rings. The Morgan fingerprint density at radius 2 is 1.44 bits per heavy atom. The van der Waals surface area contributed by atoms with Gasteiger partial charge in [0.25, 0.3) is 12.3 Å². The van der Waals surface area contributed by atoms with Gasteiger partial charge in [-0.2, -0.15) is 13.2 Å². The number of alkyl halides is 5. The van der Waals surface area contributed by atoms with Crippen molar-refractivity contribution in [2.45, 2.75) is 115 Å². The van der Waals surface area contributed by atoms with E-state index in [-0.39, 0.29) is 17.7 Å². The number of carbonyl (C=O) groups is 4. The maximum atomic E-state index is 16.0. The lowest BCUT2D eigenvalue weighted by Crippen LogP contribution is -2.63. The maximum Gasteiger partial charge on any atom is 0.407 e. The number of anilines is 1. The van der Waals surface area contributed by atoms with E-state index in [0.29, 0.717) is 54.6 Å². The molecule has 0 aliphatic carbocycles. The van der Waals surface area contributed by atoms with E-state index >= 15 is 8.78 Å². The molecule has 1 aromatic heterocycles. The number of nitrogens with zero attached hydrogens (tertiary/aromatic N) is 6. The van der Waals surface area contributed by atoms with E-state index in [1.807, 2.05) is 5.32 Å². The third kappa shape index (κ3) is 16.0. The number of aliphatic hydroxyl groups is 1. The predicted molar refractivity (Wildman–Crippen MR) is 276 cm³/mol. The van der Waals surface area contributed by atoms with Crippen molar-refractivity contribution >= 4 is 41.9 Å². The van der Waals surface area contributed by atoms with Gasteiger partial charge in [0.05, 0.1) is 63.1 Å². The zero-order valence-corrected chi connectivity index (χ0v) is 44.7. The number of aliphatic imine (C=N–C) groups is 1. The number of ether oxygens (including phenoxy) is 3. The molecular formula is C53H66F7N11O8. The van der Waals surface area contributed by atoms with Crippen LogP contribution >= 0.6 is 0 Å². The highest BCUT2D eigenvalue weighted by molar-refractivity contribution is 5.87. The van der Waals surface area contributed by atoms with Crippen LogP contribution in [0.15, 0.2) is 59.9 Å². The Balaban J connectivity index is 1.28. The Morgan fingerprint density at radius 1 is 0.873 bits per heavy atom. The third-order valence-corrected chi connectivity index (χ3v) is 13.9. The molecule has 6 atom stereocenters. The molecule has 0 radical (unpaired) electrons. The van der Waals surface area contributed by atoms with Crippen LogP contribution in [0.2, 0.25) is 0 Å². The second-order valence-electron chi connectivity index (χ2n) is 21.1. The van der Waals surface area contributed by atoms with Crippen LogP contribution in [0, 0.1) is 34.3 Å². The lowest BCUT2D eigenvalue weighted by Gasteiger charge is -2.47. The van der Waals surface area contributed by atoms with Crippen LogP contribution in [0.25, 0.3) is 5.70 Å². The van der Waals surface area contributed by atoms with Gasteiger partial charge < -0.3 is 45.9 Å². The fraction of sp³-hybridized carbons (Fsp3) is 0.528. The van der Waals surface area contributed by atoms with Gasteiger partial charge in [-0.25, -0.2) is 42.1 Å². The van der Waals surface area contributed by atoms with Crippen molar-refractivity contribution in [3.8, 4) is 11.8 Å². The molecule has 3 unspecified atom stereocenters. The second-order valence-corrected chi connectivity index (χ2v) is 21.1. The Morgan fingerprint density at radius 3 is 1.96 bits per heavy atom. The Bertz CT molecular complexity index is 2710. The number of aliphatic hydroxyl groups excluding tert-OH is 1. The van der Waals surface area contributed by atoms with Gasteiger partial charge in [-0.1, -0.05) is 44.7 Å². The number of methoxy groups -OCH3 is 2. The summed E-state index contributed by atoms with van der Waals surface area (Å²) in [6, 6.07) is 3.93. The van der Waals surface area contributed by atoms with Gasteiger partial charge in [-0.3, -0.25) is 24.9 Å². The van der Waals surface area contributed by atoms with Crippen molar-refractivity contribution in [1.29, 1.82) is 0 Å². The summed E-state index contributed by atoms with van der Waals surface area (Å²) in [6.07, 6.45) is -5.07. The van der Waals surface area contributed by atoms with Gasteiger partial charge in [0.15, 0.2) is 0 Å². The summed E-state index contributed by atoms with van der Waals surface area (Å²) in [7, 11) is 1.92. The Hall–Kier alpha value is -7.08. The molecule has 3 saturated heterocycles. The minimum atomic E-state index is -5.09. The molecule has 2 aromatic carbocycles. The van der Waals surface area contributed by atoms with Crippen LogP contribution in [-0.4, -0.2) is 164 Å². The quantitative estimate of drug-likeness (QED) is 0.0384. The molecule has 430 valence electrons. The number of hydrogen-bond acceptors (Lipinski definition) is 15. The first-order valence-corrected chi connectivity index (χ1v) is 25.2. The summed E-state index contributed by atoms with van der Waals surface area (Å²) in [5.74, 6) is 1.80. The molecule has 6 rings (SSSR count). The molecule has 2 bridgehead atoms. The molecule has 79 heavy (non-hydrogen) atoms. The molecule has 26 heteroatoms. The first kappa shape index (κ1) is 61.1. The zero-order chi connectivity index (χ0) is 58.0. The molecule has 3 aliphatic heterocycles. The van der Waals surface area contributed by atoms with Crippen molar-refractivity contribution in [3.63, 3.8) is 0 Å². The smallest absolute Gasteiger partial charge is 0.407 e. The molecular weight excluding hydrogens is 1050 g/mol. The number of hydrogen-bond donors (Lipinski definition) is 6. The van der Waals surface area contributed by atoms with Crippen molar-refractivity contribution in [2.24, 2.45) is 21.6 Å². The number of piperazine rings is 1. The van der Waals surface area contributed by atoms with Gasteiger partial charge >= 0.3 is 18.4 Å². The predicted octanol–water partition coefficient (Wildman–Crippen LogP) is 4.85. The molecule has 0 saturated carbocycles. The standard InChI is InChI=1S/C53H66F7N11O8/c1-51(2,3)44(66-49(75)77-6)47(74)68-70(26-37-38(54)19-33(20-39(37)55)40(61)16-17-62-23-43(56)57)27-42(72)41(65-46(73)45(67-50(76)78-7)52(4,5)53(58,59)60)18-31-11-8-30(9-12-31)10-13-32-21-63-48(64-22-32)69-24-34-14-15-35(25-69)71(34)36-28-79-29-36/h8-9,11-12,16-17,19-22,34-36,41-45,72H,14-15,18,23-29,61H2,1-7H3,(H,65,73)(H,66,75)(H,67,76)(H,68,74)/t34?,35?,41-,42-,44+,45?/m0/s1. The number of hydrazine groups is 1. The minimum absolute atomic E-state index is 0.223. The number of nitrogens with one attached hydrogen (secondary N) is 4. The van der Waals surface area contributed by atoms with E-state index in [0.717, 1.165) is 82.8 Å². The number of fused-ring (bicyclic) bond motifs is 2. The molecule has 3 aromatic rings. The number of aromatic nitrogens is 2. The van der Waals surface area contributed by atoms with E-state index in [4.69, 9.17) is 15.2 Å². The molecule has 4 heterocycles. The number of halogens is 7. The summed E-state index contributed by atoms with van der Waals surface area (Å²) >= 11 is 0. The van der Waals surface area contributed by atoms with E-state index in [1.54, 1.807) is 57.4 Å². The normalized spacial score (nSPS) is 18.7. The average Bonchev–Trinajstić information content (AvgIpc) is 3.92. The van der Waals surface area contributed by atoms with Gasteiger partial charge in [0.2, 0.25) is 11.9 Å². The van der Waals surface area contributed by atoms with Gasteiger partial charge in [0.1, 0.15) is 23.7 Å². The Labute approximate surface area is 452 Å². The van der Waals surface area contributed by atoms with E-state index in [1.165, 1.54) is 0 Å². The second kappa shape index (κ2) is 26.3. The van der Waals surface area contributed by atoms with E-state index in [9.17, 15) is 46.2 Å². The molecule has 3 aliphatic rings. The molecule has 0 spiro atoms. The lowest BCUT2D eigenvalue weighted by atomic mass is 9.82. The fourth-order valence-corrected chi connectivity index (χ4v) is 9.28. The van der Waals surface area contributed by atoms with E-state index < -0.39 is 108 Å². The topological polar surface area (TPSA) is 238 Å². The van der Waals surface area contributed by atoms with Gasteiger partial charge in [0, 0.05) is 79.3 Å². The number of benzene rings is 2. The fourth-order valence-electron chi connectivity index (χ4n) is 9.28. The summed E-state index contributed by atoms with van der Waals surface area (Å²) in [5.41, 5.74) is 4.65. The summed E-state index contributed by atoms with van der Waals surface area (Å²) in [4.78, 5) is 70.4. The minimum Gasteiger partial charge on any atom is -0.453 e. The highest BCUT2D eigenvalue weighted by atomic mass is 19.4. The monoisotopic (exact) mass is 1120 g/mol. The highest BCUT2D eigenvalue weighted by Gasteiger charge is 2.56. The van der Waals surface area contributed by atoms with Gasteiger partial charge in [-0.05, 0) is 74.4 Å². The van der Waals surface area contributed by atoms with Crippen LogP contribution in [0.5, 0.6) is 0 Å². The van der Waals surface area contributed by atoms with Crippen LogP contribution in [0.3, 0.4) is 0 Å². The third-order valence-electron chi connectivity index (χ3n) is 13.9. The highest BCUT2D eigenvalue weighted by Crippen LogP contribution is 2.41. The van der Waals surface area contributed by atoms with Crippen molar-refractivity contribution in [2.75, 3.05) is 58.5 Å². The number of nitrogens with two attached hydrogens (primary N) is 1. The van der Waals surface area contributed by atoms with Crippen LogP contribution in [-0.2, 0) is 36.8 Å². The number of allylic oxidation sites excluding steroid dienone is 1.